The lowest BCUT2D eigenvalue weighted by Gasteiger charge is -2.18. The van der Waals surface area contributed by atoms with Crippen molar-refractivity contribution in [1.29, 1.82) is 0 Å². The molecular weight excluding hydrogens is 581 g/mol. The van der Waals surface area contributed by atoms with Crippen LogP contribution >= 0.6 is 11.6 Å². The molecule has 1 aromatic heterocycles. The number of hydrogen-bond donors (Lipinski definition) is 0. The summed E-state index contributed by atoms with van der Waals surface area (Å²) in [6.07, 6.45) is 1.52. The lowest BCUT2D eigenvalue weighted by atomic mass is 9.96. The molecule has 5 rings (SSSR count). The van der Waals surface area contributed by atoms with Gasteiger partial charge in [-0.05, 0) is 78.9 Å². The van der Waals surface area contributed by atoms with Crippen LogP contribution in [-0.4, -0.2) is 29.6 Å². The van der Waals surface area contributed by atoms with Crippen molar-refractivity contribution in [2.45, 2.75) is 40.2 Å². The average Bonchev–Trinajstić information content (AvgIpc) is 3.00. The summed E-state index contributed by atoms with van der Waals surface area (Å²) in [4.78, 5) is 18.7. The quantitative estimate of drug-likeness (QED) is 0.149. The molecule has 0 N–H and O–H groups in total. The van der Waals surface area contributed by atoms with Crippen molar-refractivity contribution in [3.63, 3.8) is 0 Å². The molecule has 4 aromatic carbocycles. The molecule has 0 aliphatic rings. The highest BCUT2D eigenvalue weighted by molar-refractivity contribution is 6.32. The number of rotatable bonds is 10. The van der Waals surface area contributed by atoms with Crippen LogP contribution in [0.15, 0.2) is 82.7 Å². The second-order valence-electron chi connectivity index (χ2n) is 10.5. The van der Waals surface area contributed by atoms with Crippen LogP contribution in [0.3, 0.4) is 0 Å². The maximum atomic E-state index is 14.1. The summed E-state index contributed by atoms with van der Waals surface area (Å²) in [5, 5.41) is 5.29. The minimum absolute atomic E-state index is 0.0303. The topological polar surface area (TPSA) is 74.9 Å². The standard InChI is InChI=1S/C35H33ClFN3O4/c1-6-43-31-15-22(4)27(18-26(31)21(2)3)34-39-30-14-10-8-12-25(30)35(41)40(34)38-19-23-16-28(36)33(32(17-23)42-5)44-20-24-11-7-9-13-29(24)37/h7-19,21H,6,20H2,1-5H3. The van der Waals surface area contributed by atoms with Gasteiger partial charge in [0, 0.05) is 11.1 Å². The maximum absolute atomic E-state index is 14.1. The predicted molar refractivity (Wildman–Crippen MR) is 173 cm³/mol. The van der Waals surface area contributed by atoms with E-state index in [1.807, 2.05) is 38.1 Å². The molecule has 7 nitrogen and oxygen atoms in total. The Morgan fingerprint density at radius 3 is 2.50 bits per heavy atom. The molecule has 0 unspecified atom stereocenters. The molecule has 0 spiro atoms. The largest absolute Gasteiger partial charge is 0.494 e. The van der Waals surface area contributed by atoms with Gasteiger partial charge in [0.25, 0.3) is 5.56 Å². The van der Waals surface area contributed by atoms with Crippen molar-refractivity contribution in [3.8, 4) is 28.6 Å². The predicted octanol–water partition coefficient (Wildman–Crippen LogP) is 8.16. The first-order chi connectivity index (χ1) is 21.2. The van der Waals surface area contributed by atoms with Crippen molar-refractivity contribution in [2.24, 2.45) is 5.10 Å². The molecule has 1 heterocycles. The summed E-state index contributed by atoms with van der Waals surface area (Å²) in [7, 11) is 1.49. The zero-order valence-corrected chi connectivity index (χ0v) is 26.0. The molecule has 9 heteroatoms. The van der Waals surface area contributed by atoms with E-state index in [9.17, 15) is 9.18 Å². The van der Waals surface area contributed by atoms with Gasteiger partial charge < -0.3 is 14.2 Å². The highest BCUT2D eigenvalue weighted by Crippen LogP contribution is 2.37. The third-order valence-corrected chi connectivity index (χ3v) is 7.46. The highest BCUT2D eigenvalue weighted by Gasteiger charge is 2.19. The summed E-state index contributed by atoms with van der Waals surface area (Å²) >= 11 is 6.59. The molecule has 0 saturated heterocycles. The Morgan fingerprint density at radius 2 is 1.77 bits per heavy atom. The van der Waals surface area contributed by atoms with Gasteiger partial charge >= 0.3 is 0 Å². The van der Waals surface area contributed by atoms with E-state index in [1.54, 1.807) is 42.5 Å². The molecule has 226 valence electrons. The van der Waals surface area contributed by atoms with Crippen LogP contribution in [0.1, 0.15) is 48.9 Å². The third-order valence-electron chi connectivity index (χ3n) is 7.18. The van der Waals surface area contributed by atoms with E-state index in [-0.39, 0.29) is 34.7 Å². The zero-order valence-electron chi connectivity index (χ0n) is 25.2. The second kappa shape index (κ2) is 13.3. The molecule has 0 amide bonds. The van der Waals surface area contributed by atoms with Crippen molar-refractivity contribution in [2.75, 3.05) is 13.7 Å². The number of nitrogens with zero attached hydrogens (tertiary/aromatic N) is 3. The van der Waals surface area contributed by atoms with Crippen LogP contribution in [0.5, 0.6) is 17.2 Å². The molecule has 5 aromatic rings. The lowest BCUT2D eigenvalue weighted by Crippen LogP contribution is -2.21. The van der Waals surface area contributed by atoms with Gasteiger partial charge in [0.1, 0.15) is 18.2 Å². The first kappa shape index (κ1) is 30.8. The summed E-state index contributed by atoms with van der Waals surface area (Å²) < 4.78 is 32.7. The van der Waals surface area contributed by atoms with Crippen LogP contribution < -0.4 is 19.8 Å². The molecule has 44 heavy (non-hydrogen) atoms. The van der Waals surface area contributed by atoms with Gasteiger partial charge in [-0.15, -0.1) is 0 Å². The first-order valence-corrected chi connectivity index (χ1v) is 14.7. The van der Waals surface area contributed by atoms with Gasteiger partial charge in [0.2, 0.25) is 0 Å². The SMILES string of the molecule is CCOc1cc(C)c(-c2nc3ccccc3c(=O)n2N=Cc2cc(Cl)c(OCc3ccccc3F)c(OC)c2)cc1C(C)C. The zero-order chi connectivity index (χ0) is 31.4. The number of para-hydroxylation sites is 1. The maximum Gasteiger partial charge on any atom is 0.282 e. The van der Waals surface area contributed by atoms with Gasteiger partial charge in [-0.2, -0.15) is 9.78 Å². The fraction of sp³-hybridized carbons (Fsp3) is 0.229. The summed E-state index contributed by atoms with van der Waals surface area (Å²) in [5.74, 6) is 1.61. The van der Waals surface area contributed by atoms with Crippen LogP contribution in [0.25, 0.3) is 22.3 Å². The smallest absolute Gasteiger partial charge is 0.282 e. The molecule has 0 bridgehead atoms. The fourth-order valence-electron chi connectivity index (χ4n) is 4.92. The lowest BCUT2D eigenvalue weighted by molar-refractivity contribution is 0.280. The number of methoxy groups -OCH3 is 1. The number of halogens is 2. The third kappa shape index (κ3) is 6.31. The molecule has 0 aliphatic carbocycles. The van der Waals surface area contributed by atoms with Crippen molar-refractivity contribution < 1.29 is 18.6 Å². The fourth-order valence-corrected chi connectivity index (χ4v) is 5.19. The van der Waals surface area contributed by atoms with Crippen molar-refractivity contribution in [1.82, 2.24) is 9.66 Å². The van der Waals surface area contributed by atoms with Gasteiger partial charge in [0.15, 0.2) is 17.3 Å². The van der Waals surface area contributed by atoms with Crippen LogP contribution in [-0.2, 0) is 6.61 Å². The summed E-state index contributed by atoms with van der Waals surface area (Å²) in [6, 6.07) is 20.9. The minimum Gasteiger partial charge on any atom is -0.494 e. The Hall–Kier alpha value is -4.69. The minimum atomic E-state index is -0.375. The number of hydrogen-bond acceptors (Lipinski definition) is 6. The molecule has 0 aliphatic heterocycles. The number of aryl methyl sites for hydroxylation is 1. The molecule has 0 fully saturated rings. The monoisotopic (exact) mass is 613 g/mol. The normalized spacial score (nSPS) is 11.5. The molecule has 0 atom stereocenters. The van der Waals surface area contributed by atoms with Crippen LogP contribution in [0, 0.1) is 12.7 Å². The van der Waals surface area contributed by atoms with Gasteiger partial charge in [0.05, 0.1) is 35.9 Å². The Morgan fingerprint density at radius 1 is 1.02 bits per heavy atom. The average molecular weight is 614 g/mol. The molecular formula is C35H33ClFN3O4. The highest BCUT2D eigenvalue weighted by atomic mass is 35.5. The summed E-state index contributed by atoms with van der Waals surface area (Å²) in [6.45, 7) is 8.61. The Labute approximate surface area is 260 Å². The van der Waals surface area contributed by atoms with E-state index in [0.717, 1.165) is 22.4 Å². The van der Waals surface area contributed by atoms with E-state index in [0.29, 0.717) is 40.2 Å². The van der Waals surface area contributed by atoms with Crippen molar-refractivity contribution in [3.05, 3.63) is 116 Å². The van der Waals surface area contributed by atoms with Gasteiger partial charge in [-0.1, -0.05) is 55.8 Å². The van der Waals surface area contributed by atoms with Gasteiger partial charge in [-0.3, -0.25) is 4.79 Å². The molecule has 0 radical (unpaired) electrons. The van der Waals surface area contributed by atoms with Crippen LogP contribution in [0.2, 0.25) is 5.02 Å². The van der Waals surface area contributed by atoms with E-state index < -0.39 is 0 Å². The van der Waals surface area contributed by atoms with E-state index in [2.05, 4.69) is 18.9 Å². The number of aromatic nitrogens is 2. The molecule has 0 saturated carbocycles. The van der Waals surface area contributed by atoms with E-state index in [4.69, 9.17) is 30.8 Å². The van der Waals surface area contributed by atoms with Crippen LogP contribution in [0.4, 0.5) is 4.39 Å². The second-order valence-corrected chi connectivity index (χ2v) is 10.9. The van der Waals surface area contributed by atoms with E-state index in [1.165, 1.54) is 24.1 Å². The number of ether oxygens (including phenoxy) is 3. The number of benzene rings is 4. The first-order valence-electron chi connectivity index (χ1n) is 14.3. The van der Waals surface area contributed by atoms with E-state index >= 15 is 0 Å². The Kier molecular flexibility index (Phi) is 9.30. The Balaban J connectivity index is 1.59. The number of fused-ring (bicyclic) bond motifs is 1. The van der Waals surface area contributed by atoms with Gasteiger partial charge in [-0.25, -0.2) is 9.37 Å². The van der Waals surface area contributed by atoms with Crippen molar-refractivity contribution >= 4 is 28.7 Å². The Bertz CT molecular complexity index is 1920. The summed E-state index contributed by atoms with van der Waals surface area (Å²) in [5.41, 5.74) is 3.87.